The highest BCUT2D eigenvalue weighted by atomic mass is 32.1. The largest absolute Gasteiger partial charge is 0.494 e. The number of hydrogen-bond donors (Lipinski definition) is 1. The Balaban J connectivity index is 1.48. The van der Waals surface area contributed by atoms with E-state index < -0.39 is 0 Å². The molecule has 1 fully saturated rings. The fraction of sp³-hybridized carbons (Fsp3) is 0.364. The average Bonchev–Trinajstić information content (AvgIpc) is 3.45. The van der Waals surface area contributed by atoms with Crippen LogP contribution in [0, 0.1) is 0 Å². The van der Waals surface area contributed by atoms with E-state index >= 15 is 0 Å². The highest BCUT2D eigenvalue weighted by Gasteiger charge is 2.35. The van der Waals surface area contributed by atoms with Crippen LogP contribution in [-0.4, -0.2) is 37.3 Å². The number of amides is 1. The van der Waals surface area contributed by atoms with Crippen LogP contribution in [0.5, 0.6) is 5.75 Å². The third-order valence-corrected chi connectivity index (χ3v) is 7.31. The smallest absolute Gasteiger partial charge is 0.263 e. The molecule has 3 aromatic rings. The van der Waals surface area contributed by atoms with Crippen LogP contribution in [0.4, 0.5) is 0 Å². The molecule has 1 aromatic carbocycles. The molecule has 7 heteroatoms. The zero-order valence-electron chi connectivity index (χ0n) is 16.3. The van der Waals surface area contributed by atoms with Crippen molar-refractivity contribution in [1.29, 1.82) is 0 Å². The molecule has 4 rings (SSSR count). The zero-order chi connectivity index (χ0) is 20.1. The van der Waals surface area contributed by atoms with Gasteiger partial charge in [-0.05, 0) is 48.9 Å². The van der Waals surface area contributed by atoms with Gasteiger partial charge in [-0.2, -0.15) is 0 Å². The molecular weight excluding hydrogens is 404 g/mol. The van der Waals surface area contributed by atoms with Gasteiger partial charge in [-0.1, -0.05) is 18.2 Å². The summed E-state index contributed by atoms with van der Waals surface area (Å²) in [6.07, 6.45) is 3.43. The van der Waals surface area contributed by atoms with E-state index in [2.05, 4.69) is 22.4 Å². The Morgan fingerprint density at radius 2 is 2.03 bits per heavy atom. The summed E-state index contributed by atoms with van der Waals surface area (Å²) in [5, 5.41) is 6.06. The number of hydrogen-bond acceptors (Lipinski definition) is 6. The second-order valence-corrected chi connectivity index (χ2v) is 9.02. The molecule has 1 aliphatic heterocycles. The monoisotopic (exact) mass is 428 g/mol. The summed E-state index contributed by atoms with van der Waals surface area (Å²) in [7, 11) is 0. The second kappa shape index (κ2) is 9.07. The molecule has 0 spiro atoms. The second-order valence-electron chi connectivity index (χ2n) is 7.04. The van der Waals surface area contributed by atoms with Crippen molar-refractivity contribution < 1.29 is 14.3 Å². The SMILES string of the molecule is CCOc1ccc(C2(CNC(=O)c3cnc(-c4cccs4)s3)CCOCC2)cc1. The van der Waals surface area contributed by atoms with E-state index in [0.29, 0.717) is 31.2 Å². The summed E-state index contributed by atoms with van der Waals surface area (Å²) in [4.78, 5) is 18.9. The number of nitrogens with zero attached hydrogens (tertiary/aromatic N) is 1. The fourth-order valence-corrected chi connectivity index (χ4v) is 5.27. The van der Waals surface area contributed by atoms with Crippen molar-refractivity contribution in [3.63, 3.8) is 0 Å². The van der Waals surface area contributed by atoms with Crippen molar-refractivity contribution in [2.75, 3.05) is 26.4 Å². The van der Waals surface area contributed by atoms with Gasteiger partial charge in [0, 0.05) is 25.2 Å². The van der Waals surface area contributed by atoms with Crippen LogP contribution in [-0.2, 0) is 10.2 Å². The number of rotatable bonds is 7. The number of thiophene rings is 1. The standard InChI is InChI=1S/C22H24N2O3S2/c1-2-27-17-7-5-16(6-8-17)22(9-11-26-12-10-22)15-24-20(25)19-14-23-21(29-19)18-4-3-13-28-18/h3-8,13-14H,2,9-12,15H2,1H3,(H,24,25). The van der Waals surface area contributed by atoms with Crippen molar-refractivity contribution in [3.8, 4) is 15.6 Å². The Labute approximate surface area is 178 Å². The number of ether oxygens (including phenoxy) is 2. The van der Waals surface area contributed by atoms with Crippen LogP contribution >= 0.6 is 22.7 Å². The van der Waals surface area contributed by atoms with Crippen LogP contribution in [0.15, 0.2) is 48.0 Å². The molecule has 5 nitrogen and oxygen atoms in total. The van der Waals surface area contributed by atoms with Crippen molar-refractivity contribution in [3.05, 3.63) is 58.4 Å². The summed E-state index contributed by atoms with van der Waals surface area (Å²) >= 11 is 3.06. The Morgan fingerprint density at radius 1 is 1.24 bits per heavy atom. The first kappa shape index (κ1) is 20.1. The molecule has 1 saturated heterocycles. The molecule has 0 radical (unpaired) electrons. The van der Waals surface area contributed by atoms with Crippen LogP contribution in [0.3, 0.4) is 0 Å². The maximum atomic E-state index is 12.8. The maximum absolute atomic E-state index is 12.8. The molecule has 1 N–H and O–H groups in total. The summed E-state index contributed by atoms with van der Waals surface area (Å²) in [5.74, 6) is 0.801. The molecule has 0 aliphatic carbocycles. The molecular formula is C22H24N2O3S2. The minimum atomic E-state index is -0.125. The number of carbonyl (C=O) groups excluding carboxylic acids is 1. The predicted molar refractivity (Wildman–Crippen MR) is 117 cm³/mol. The Hall–Kier alpha value is -2.22. The number of nitrogens with one attached hydrogen (secondary N) is 1. The van der Waals surface area contributed by atoms with Gasteiger partial charge in [0.2, 0.25) is 0 Å². The van der Waals surface area contributed by atoms with Crippen LogP contribution < -0.4 is 10.1 Å². The van der Waals surface area contributed by atoms with E-state index in [4.69, 9.17) is 9.47 Å². The van der Waals surface area contributed by atoms with E-state index in [9.17, 15) is 4.79 Å². The van der Waals surface area contributed by atoms with Crippen LogP contribution in [0.1, 0.15) is 35.0 Å². The Bertz CT molecular complexity index is 929. The molecule has 1 amide bonds. The van der Waals surface area contributed by atoms with E-state index in [1.165, 1.54) is 16.9 Å². The molecule has 3 heterocycles. The van der Waals surface area contributed by atoms with E-state index in [-0.39, 0.29) is 11.3 Å². The number of aromatic nitrogens is 1. The van der Waals surface area contributed by atoms with E-state index in [1.54, 1.807) is 17.5 Å². The van der Waals surface area contributed by atoms with Gasteiger partial charge in [0.05, 0.1) is 17.7 Å². The quantitative estimate of drug-likeness (QED) is 0.590. The van der Waals surface area contributed by atoms with Crippen molar-refractivity contribution in [1.82, 2.24) is 10.3 Å². The molecule has 1 aliphatic rings. The normalized spacial score (nSPS) is 15.8. The van der Waals surface area contributed by atoms with Crippen molar-refractivity contribution >= 4 is 28.6 Å². The lowest BCUT2D eigenvalue weighted by molar-refractivity contribution is 0.0487. The van der Waals surface area contributed by atoms with Gasteiger partial charge in [-0.3, -0.25) is 4.79 Å². The number of benzene rings is 1. The van der Waals surface area contributed by atoms with Crippen LogP contribution in [0.2, 0.25) is 0 Å². The third-order valence-electron chi connectivity index (χ3n) is 5.28. The first-order valence-corrected chi connectivity index (χ1v) is 11.5. The molecule has 0 bridgehead atoms. The molecule has 0 saturated carbocycles. The number of thiazole rings is 1. The third kappa shape index (κ3) is 4.52. The first-order valence-electron chi connectivity index (χ1n) is 9.79. The van der Waals surface area contributed by atoms with Gasteiger partial charge in [0.1, 0.15) is 15.6 Å². The topological polar surface area (TPSA) is 60.5 Å². The molecule has 0 atom stereocenters. The molecule has 2 aromatic heterocycles. The Kier molecular flexibility index (Phi) is 6.28. The summed E-state index contributed by atoms with van der Waals surface area (Å²) in [5.41, 5.74) is 1.09. The average molecular weight is 429 g/mol. The van der Waals surface area contributed by atoms with Crippen LogP contribution in [0.25, 0.3) is 9.88 Å². The minimum Gasteiger partial charge on any atom is -0.494 e. The van der Waals surface area contributed by atoms with Gasteiger partial charge in [0.15, 0.2) is 0 Å². The van der Waals surface area contributed by atoms with Gasteiger partial charge in [0.25, 0.3) is 5.91 Å². The molecule has 0 unspecified atom stereocenters. The van der Waals surface area contributed by atoms with E-state index in [0.717, 1.165) is 28.5 Å². The fourth-order valence-electron chi connectivity index (χ4n) is 3.63. The zero-order valence-corrected chi connectivity index (χ0v) is 18.0. The summed E-state index contributed by atoms with van der Waals surface area (Å²) < 4.78 is 11.2. The molecule has 152 valence electrons. The van der Waals surface area contributed by atoms with E-state index in [1.807, 2.05) is 36.6 Å². The lowest BCUT2D eigenvalue weighted by atomic mass is 9.74. The summed E-state index contributed by atoms with van der Waals surface area (Å²) in [6.45, 7) is 4.61. The van der Waals surface area contributed by atoms with Gasteiger partial charge < -0.3 is 14.8 Å². The maximum Gasteiger partial charge on any atom is 0.263 e. The highest BCUT2D eigenvalue weighted by Crippen LogP contribution is 2.35. The predicted octanol–water partition coefficient (Wildman–Crippen LogP) is 4.75. The van der Waals surface area contributed by atoms with Crippen molar-refractivity contribution in [2.24, 2.45) is 0 Å². The first-order chi connectivity index (χ1) is 14.2. The molecule has 29 heavy (non-hydrogen) atoms. The minimum absolute atomic E-state index is 0.0675. The highest BCUT2D eigenvalue weighted by molar-refractivity contribution is 7.21. The lowest BCUT2D eigenvalue weighted by Gasteiger charge is -2.38. The van der Waals surface area contributed by atoms with Gasteiger partial charge in [-0.15, -0.1) is 22.7 Å². The van der Waals surface area contributed by atoms with Gasteiger partial charge >= 0.3 is 0 Å². The summed E-state index contributed by atoms with van der Waals surface area (Å²) in [6, 6.07) is 12.3. The Morgan fingerprint density at radius 3 is 2.72 bits per heavy atom. The number of carbonyl (C=O) groups is 1. The van der Waals surface area contributed by atoms with Crippen molar-refractivity contribution in [2.45, 2.75) is 25.2 Å². The lowest BCUT2D eigenvalue weighted by Crippen LogP contribution is -2.44. The van der Waals surface area contributed by atoms with Gasteiger partial charge in [-0.25, -0.2) is 4.98 Å².